The van der Waals surface area contributed by atoms with E-state index in [1.165, 1.54) is 56.8 Å². The fraction of sp³-hybridized carbons (Fsp3) is 0.175. The lowest BCUT2D eigenvalue weighted by atomic mass is 10.0. The van der Waals surface area contributed by atoms with Gasteiger partial charge in [0.15, 0.2) is 9.50 Å². The molecule has 0 aliphatic rings. The zero-order chi connectivity index (χ0) is 35.3. The number of nitrogens with one attached hydrogen (secondary N) is 2. The SMILES string of the molecule is Cc1cc(C)c(NC(=O)CSc2nc3ccc(NC(=O)CSc4nnc(Cc5cccc6ccccc56)n4Cc4ccccc4)cc3s2)c(C)c1. The van der Waals surface area contributed by atoms with Crippen LogP contribution >= 0.6 is 34.9 Å². The van der Waals surface area contributed by atoms with Crippen molar-refractivity contribution in [2.75, 3.05) is 22.1 Å². The van der Waals surface area contributed by atoms with Gasteiger partial charge in [-0.1, -0.05) is 114 Å². The van der Waals surface area contributed by atoms with Gasteiger partial charge in [-0.25, -0.2) is 4.98 Å². The van der Waals surface area contributed by atoms with Gasteiger partial charge in [0.1, 0.15) is 5.82 Å². The maximum absolute atomic E-state index is 13.2. The van der Waals surface area contributed by atoms with Crippen molar-refractivity contribution in [1.82, 2.24) is 19.7 Å². The second kappa shape index (κ2) is 15.5. The molecule has 0 saturated carbocycles. The highest BCUT2D eigenvalue weighted by Gasteiger charge is 2.17. The van der Waals surface area contributed by atoms with Crippen molar-refractivity contribution in [3.05, 3.63) is 137 Å². The highest BCUT2D eigenvalue weighted by Crippen LogP contribution is 2.32. The van der Waals surface area contributed by atoms with E-state index in [1.807, 2.05) is 56.3 Å². The van der Waals surface area contributed by atoms with E-state index in [9.17, 15) is 9.59 Å². The first-order chi connectivity index (χ1) is 24.8. The van der Waals surface area contributed by atoms with Crippen LogP contribution in [0.4, 0.5) is 11.4 Å². The topological polar surface area (TPSA) is 102 Å². The molecule has 7 rings (SSSR count). The van der Waals surface area contributed by atoms with Gasteiger partial charge in [-0.15, -0.1) is 21.5 Å². The molecule has 0 radical (unpaired) electrons. The van der Waals surface area contributed by atoms with E-state index in [0.717, 1.165) is 42.8 Å². The van der Waals surface area contributed by atoms with E-state index in [-0.39, 0.29) is 23.3 Å². The summed E-state index contributed by atoms with van der Waals surface area (Å²) in [7, 11) is 0. The van der Waals surface area contributed by atoms with Crippen LogP contribution < -0.4 is 10.6 Å². The van der Waals surface area contributed by atoms with Crippen LogP contribution in [0.25, 0.3) is 21.0 Å². The molecule has 0 fully saturated rings. The Morgan fingerprint density at radius 2 is 1.49 bits per heavy atom. The van der Waals surface area contributed by atoms with Crippen LogP contribution in [0.5, 0.6) is 0 Å². The van der Waals surface area contributed by atoms with Crippen LogP contribution in [0.15, 0.2) is 113 Å². The van der Waals surface area contributed by atoms with Crippen molar-refractivity contribution in [3.63, 3.8) is 0 Å². The molecule has 51 heavy (non-hydrogen) atoms. The van der Waals surface area contributed by atoms with E-state index < -0.39 is 0 Å². The number of hydrogen-bond acceptors (Lipinski definition) is 8. The van der Waals surface area contributed by atoms with Crippen molar-refractivity contribution in [3.8, 4) is 0 Å². The highest BCUT2D eigenvalue weighted by atomic mass is 32.2. The van der Waals surface area contributed by atoms with Gasteiger partial charge in [0.25, 0.3) is 0 Å². The molecular formula is C40H36N6O2S3. The number of amides is 2. The molecule has 2 N–H and O–H groups in total. The summed E-state index contributed by atoms with van der Waals surface area (Å²) in [6, 6.07) is 34.7. The van der Waals surface area contributed by atoms with Crippen molar-refractivity contribution in [2.45, 2.75) is 43.2 Å². The summed E-state index contributed by atoms with van der Waals surface area (Å²) in [5.74, 6) is 1.08. The summed E-state index contributed by atoms with van der Waals surface area (Å²) in [6.07, 6.45) is 0.625. The lowest BCUT2D eigenvalue weighted by Crippen LogP contribution is -2.15. The maximum atomic E-state index is 13.2. The Morgan fingerprint density at radius 1 is 0.765 bits per heavy atom. The molecule has 8 nitrogen and oxygen atoms in total. The molecule has 11 heteroatoms. The van der Waals surface area contributed by atoms with E-state index in [2.05, 4.69) is 93.0 Å². The van der Waals surface area contributed by atoms with Crippen molar-refractivity contribution < 1.29 is 9.59 Å². The second-order valence-electron chi connectivity index (χ2n) is 12.4. The Morgan fingerprint density at radius 3 is 2.31 bits per heavy atom. The molecule has 0 unspecified atom stereocenters. The maximum Gasteiger partial charge on any atom is 0.234 e. The Bertz CT molecular complexity index is 2340. The smallest absolute Gasteiger partial charge is 0.234 e. The molecule has 0 atom stereocenters. The minimum atomic E-state index is -0.137. The molecule has 256 valence electrons. The van der Waals surface area contributed by atoms with Crippen molar-refractivity contribution in [1.29, 1.82) is 0 Å². The molecule has 5 aromatic carbocycles. The largest absolute Gasteiger partial charge is 0.325 e. The Kier molecular flexibility index (Phi) is 10.5. The molecule has 0 saturated heterocycles. The van der Waals surface area contributed by atoms with Gasteiger partial charge in [-0.3, -0.25) is 9.59 Å². The number of rotatable bonds is 12. The van der Waals surface area contributed by atoms with Gasteiger partial charge in [0, 0.05) is 17.8 Å². The Labute approximate surface area is 309 Å². The summed E-state index contributed by atoms with van der Waals surface area (Å²) < 4.78 is 3.85. The number of nitrogens with zero attached hydrogens (tertiary/aromatic N) is 4. The number of fused-ring (bicyclic) bond motifs is 2. The van der Waals surface area contributed by atoms with Gasteiger partial charge in [0.2, 0.25) is 11.8 Å². The zero-order valence-electron chi connectivity index (χ0n) is 28.5. The van der Waals surface area contributed by atoms with Crippen LogP contribution in [-0.4, -0.2) is 43.1 Å². The standard InChI is InChI=1S/C40H36N6O2S3/c1-25-18-26(2)38(27(3)19-25)43-37(48)24-50-40-42-33-17-16-31(21-34(33)51-40)41-36(47)23-49-39-45-44-35(46(39)22-28-10-5-4-6-11-28)20-30-14-9-13-29-12-7-8-15-32(29)30/h4-19,21H,20,22-24H2,1-3H3,(H,41,47)(H,43,48). The average Bonchev–Trinajstić information content (AvgIpc) is 3.71. The van der Waals surface area contributed by atoms with E-state index >= 15 is 0 Å². The second-order valence-corrected chi connectivity index (χ2v) is 15.6. The average molecular weight is 729 g/mol. The summed E-state index contributed by atoms with van der Waals surface area (Å²) in [5, 5.41) is 18.3. The van der Waals surface area contributed by atoms with Gasteiger partial charge >= 0.3 is 0 Å². The van der Waals surface area contributed by atoms with Gasteiger partial charge < -0.3 is 15.2 Å². The molecule has 2 aromatic heterocycles. The lowest BCUT2D eigenvalue weighted by Gasteiger charge is -2.12. The van der Waals surface area contributed by atoms with Crippen LogP contribution in [-0.2, 0) is 22.6 Å². The third kappa shape index (κ3) is 8.33. The number of thiazole rings is 1. The Hall–Kier alpha value is -4.97. The number of carbonyl (C=O) groups is 2. The molecule has 0 spiro atoms. The van der Waals surface area contributed by atoms with Crippen LogP contribution in [0, 0.1) is 20.8 Å². The number of aromatic nitrogens is 4. The fourth-order valence-electron chi connectivity index (χ4n) is 6.15. The number of benzene rings is 5. The molecule has 2 amide bonds. The first kappa shape index (κ1) is 34.5. The normalized spacial score (nSPS) is 11.3. The molecule has 0 aliphatic heterocycles. The van der Waals surface area contributed by atoms with E-state index in [4.69, 9.17) is 4.98 Å². The molecule has 0 aliphatic carbocycles. The first-order valence-electron chi connectivity index (χ1n) is 16.6. The van der Waals surface area contributed by atoms with Gasteiger partial charge in [-0.05, 0) is 72.0 Å². The summed E-state index contributed by atoms with van der Waals surface area (Å²) in [4.78, 5) is 30.6. The van der Waals surface area contributed by atoms with Crippen LogP contribution in [0.3, 0.4) is 0 Å². The van der Waals surface area contributed by atoms with Gasteiger partial charge in [0.05, 0.1) is 28.3 Å². The molecule has 7 aromatic rings. The van der Waals surface area contributed by atoms with Gasteiger partial charge in [-0.2, -0.15) is 0 Å². The van der Waals surface area contributed by atoms with E-state index in [0.29, 0.717) is 23.8 Å². The number of anilines is 2. The van der Waals surface area contributed by atoms with E-state index in [1.54, 1.807) is 0 Å². The van der Waals surface area contributed by atoms with Crippen molar-refractivity contribution in [2.24, 2.45) is 0 Å². The zero-order valence-corrected chi connectivity index (χ0v) is 30.9. The molecule has 0 bridgehead atoms. The van der Waals surface area contributed by atoms with Crippen molar-refractivity contribution >= 4 is 79.0 Å². The van der Waals surface area contributed by atoms with Crippen LogP contribution in [0.1, 0.15) is 33.6 Å². The highest BCUT2D eigenvalue weighted by molar-refractivity contribution is 8.01. The summed E-state index contributed by atoms with van der Waals surface area (Å²) in [5.41, 5.74) is 7.98. The predicted molar refractivity (Wildman–Crippen MR) is 211 cm³/mol. The minimum absolute atomic E-state index is 0.0694. The molecular weight excluding hydrogens is 693 g/mol. The first-order valence-corrected chi connectivity index (χ1v) is 19.3. The summed E-state index contributed by atoms with van der Waals surface area (Å²) in [6.45, 7) is 6.67. The monoisotopic (exact) mass is 728 g/mol. The summed E-state index contributed by atoms with van der Waals surface area (Å²) >= 11 is 4.29. The number of thioether (sulfide) groups is 2. The quantitative estimate of drug-likeness (QED) is 0.121. The third-order valence-corrected chi connectivity index (χ3v) is 11.6. The number of hydrogen-bond donors (Lipinski definition) is 2. The fourth-order valence-corrected chi connectivity index (χ4v) is 8.81. The third-order valence-electron chi connectivity index (χ3n) is 8.46. The predicted octanol–water partition coefficient (Wildman–Crippen LogP) is 9.07. The number of aryl methyl sites for hydroxylation is 3. The Balaban J connectivity index is 0.995. The minimum Gasteiger partial charge on any atom is -0.325 e. The number of carbonyl (C=O) groups excluding carboxylic acids is 2. The van der Waals surface area contributed by atoms with Crippen LogP contribution in [0.2, 0.25) is 0 Å². The lowest BCUT2D eigenvalue weighted by molar-refractivity contribution is -0.114. The molecule has 2 heterocycles.